The first kappa shape index (κ1) is 14.5. The number of rotatable bonds is 6. The van der Waals surface area contributed by atoms with Crippen LogP contribution in [-0.2, 0) is 16.1 Å². The summed E-state index contributed by atoms with van der Waals surface area (Å²) in [5, 5.41) is 15.9. The molecular formula is C11H20N4O3. The van der Waals surface area contributed by atoms with Crippen LogP contribution in [0.25, 0.3) is 0 Å². The molecule has 18 heavy (non-hydrogen) atoms. The predicted octanol–water partition coefficient (Wildman–Crippen LogP) is -0.794. The van der Waals surface area contributed by atoms with E-state index in [0.717, 1.165) is 5.69 Å². The van der Waals surface area contributed by atoms with E-state index >= 15 is 0 Å². The maximum Gasteiger partial charge on any atom is 0.242 e. The number of ether oxygens (including phenoxy) is 1. The first-order valence-corrected chi connectivity index (χ1v) is 5.68. The number of nitrogens with two attached hydrogens (primary N) is 1. The van der Waals surface area contributed by atoms with Gasteiger partial charge in [0.2, 0.25) is 5.91 Å². The Labute approximate surface area is 106 Å². The summed E-state index contributed by atoms with van der Waals surface area (Å²) in [4.78, 5) is 11.7. The number of nitrogens with zero attached hydrogens (tertiary/aromatic N) is 2. The molecule has 0 aliphatic rings. The molecule has 1 aromatic rings. The number of aliphatic hydroxyl groups is 1. The van der Waals surface area contributed by atoms with Gasteiger partial charge in [0.05, 0.1) is 36.3 Å². The van der Waals surface area contributed by atoms with Crippen molar-refractivity contribution in [3.63, 3.8) is 0 Å². The van der Waals surface area contributed by atoms with Crippen molar-refractivity contribution in [1.29, 1.82) is 0 Å². The normalized spacial score (nSPS) is 12.4. The Morgan fingerprint density at radius 3 is 2.72 bits per heavy atom. The Hall–Kier alpha value is -1.60. The van der Waals surface area contributed by atoms with Crippen LogP contribution in [0.5, 0.6) is 0 Å². The Balaban J connectivity index is 2.61. The molecule has 102 valence electrons. The second-order valence-corrected chi connectivity index (χ2v) is 4.14. The summed E-state index contributed by atoms with van der Waals surface area (Å²) in [6, 6.07) is -0.406. The first-order valence-electron chi connectivity index (χ1n) is 5.68. The Morgan fingerprint density at radius 2 is 2.28 bits per heavy atom. The molecule has 4 N–H and O–H groups in total. The van der Waals surface area contributed by atoms with E-state index in [2.05, 4.69) is 10.4 Å². The molecule has 1 aromatic heterocycles. The van der Waals surface area contributed by atoms with Crippen LogP contribution in [0.4, 0.5) is 5.69 Å². The van der Waals surface area contributed by atoms with Gasteiger partial charge in [-0.15, -0.1) is 0 Å². The highest BCUT2D eigenvalue weighted by molar-refractivity contribution is 5.76. The van der Waals surface area contributed by atoms with Gasteiger partial charge in [-0.05, 0) is 13.8 Å². The molecule has 0 saturated heterocycles. The van der Waals surface area contributed by atoms with E-state index < -0.39 is 6.04 Å². The number of nitrogens with one attached hydrogen (secondary N) is 1. The van der Waals surface area contributed by atoms with E-state index in [4.69, 9.17) is 15.6 Å². The van der Waals surface area contributed by atoms with Gasteiger partial charge in [0.15, 0.2) is 0 Å². The van der Waals surface area contributed by atoms with Crippen molar-refractivity contribution in [3.05, 3.63) is 11.4 Å². The maximum atomic E-state index is 11.7. The fraction of sp³-hybridized carbons (Fsp3) is 0.636. The van der Waals surface area contributed by atoms with Gasteiger partial charge in [-0.2, -0.15) is 5.10 Å². The van der Waals surface area contributed by atoms with Gasteiger partial charge in [-0.25, -0.2) is 0 Å². The first-order chi connectivity index (χ1) is 8.49. The molecule has 1 rings (SSSR count). The second kappa shape index (κ2) is 6.36. The number of hydrogen-bond donors (Lipinski definition) is 3. The summed E-state index contributed by atoms with van der Waals surface area (Å²) in [6.45, 7) is 3.77. The standard InChI is InChI=1S/C11H20N4O3/c1-7-11(12)8(2)15(14-7)4-10(17)13-9(5-16)6-18-3/h9,16H,4-6,12H2,1-3H3,(H,13,17). The van der Waals surface area contributed by atoms with Crippen molar-refractivity contribution in [1.82, 2.24) is 15.1 Å². The van der Waals surface area contributed by atoms with Crippen molar-refractivity contribution in [2.75, 3.05) is 26.1 Å². The largest absolute Gasteiger partial charge is 0.396 e. The number of carbonyl (C=O) groups excluding carboxylic acids is 1. The molecule has 0 aromatic carbocycles. The topological polar surface area (TPSA) is 102 Å². The molecule has 7 nitrogen and oxygen atoms in total. The molecule has 0 bridgehead atoms. The van der Waals surface area contributed by atoms with Crippen LogP contribution in [0.15, 0.2) is 0 Å². The number of aliphatic hydroxyl groups excluding tert-OH is 1. The van der Waals surface area contributed by atoms with Gasteiger partial charge in [0.25, 0.3) is 0 Å². The molecule has 1 unspecified atom stereocenters. The highest BCUT2D eigenvalue weighted by Crippen LogP contribution is 2.14. The summed E-state index contributed by atoms with van der Waals surface area (Å²) in [5.74, 6) is -0.239. The molecule has 1 atom stereocenters. The summed E-state index contributed by atoms with van der Waals surface area (Å²) in [5.41, 5.74) is 7.84. The van der Waals surface area contributed by atoms with Gasteiger partial charge in [-0.3, -0.25) is 9.48 Å². The number of amides is 1. The lowest BCUT2D eigenvalue weighted by molar-refractivity contribution is -0.123. The highest BCUT2D eigenvalue weighted by atomic mass is 16.5. The third kappa shape index (κ3) is 3.44. The Kier molecular flexibility index (Phi) is 5.11. The smallest absolute Gasteiger partial charge is 0.242 e. The van der Waals surface area contributed by atoms with Crippen LogP contribution in [-0.4, -0.2) is 47.2 Å². The van der Waals surface area contributed by atoms with Gasteiger partial charge < -0.3 is 20.9 Å². The zero-order valence-corrected chi connectivity index (χ0v) is 10.9. The van der Waals surface area contributed by atoms with Crippen molar-refractivity contribution in [2.24, 2.45) is 0 Å². The molecule has 1 amide bonds. The maximum absolute atomic E-state index is 11.7. The van der Waals surface area contributed by atoms with Crippen molar-refractivity contribution < 1.29 is 14.6 Å². The van der Waals surface area contributed by atoms with Crippen molar-refractivity contribution in [3.8, 4) is 0 Å². The average molecular weight is 256 g/mol. The predicted molar refractivity (Wildman–Crippen MR) is 67.0 cm³/mol. The van der Waals surface area contributed by atoms with Gasteiger partial charge in [0.1, 0.15) is 6.54 Å². The van der Waals surface area contributed by atoms with Gasteiger partial charge in [0, 0.05) is 7.11 Å². The molecule has 0 radical (unpaired) electrons. The van der Waals surface area contributed by atoms with E-state index in [1.165, 1.54) is 7.11 Å². The van der Waals surface area contributed by atoms with E-state index in [0.29, 0.717) is 11.4 Å². The van der Waals surface area contributed by atoms with E-state index in [9.17, 15) is 4.79 Å². The zero-order chi connectivity index (χ0) is 13.7. The Morgan fingerprint density at radius 1 is 1.61 bits per heavy atom. The lowest BCUT2D eigenvalue weighted by Crippen LogP contribution is -2.42. The number of carbonyl (C=O) groups is 1. The number of anilines is 1. The zero-order valence-electron chi connectivity index (χ0n) is 10.9. The lowest BCUT2D eigenvalue weighted by atomic mass is 10.3. The number of methoxy groups -OCH3 is 1. The molecular weight excluding hydrogens is 236 g/mol. The fourth-order valence-electron chi connectivity index (χ4n) is 1.62. The average Bonchev–Trinajstić information content (AvgIpc) is 2.56. The third-order valence-electron chi connectivity index (χ3n) is 2.68. The van der Waals surface area contributed by atoms with Gasteiger partial charge in [-0.1, -0.05) is 0 Å². The monoisotopic (exact) mass is 256 g/mol. The summed E-state index contributed by atoms with van der Waals surface area (Å²) in [6.07, 6.45) is 0. The van der Waals surface area contributed by atoms with E-state index in [1.807, 2.05) is 0 Å². The summed E-state index contributed by atoms with van der Waals surface area (Å²) in [7, 11) is 1.51. The van der Waals surface area contributed by atoms with Crippen molar-refractivity contribution in [2.45, 2.75) is 26.4 Å². The van der Waals surface area contributed by atoms with Crippen LogP contribution in [0.2, 0.25) is 0 Å². The minimum absolute atomic E-state index is 0.0735. The quantitative estimate of drug-likeness (QED) is 0.618. The minimum atomic E-state index is -0.406. The fourth-order valence-corrected chi connectivity index (χ4v) is 1.62. The molecule has 0 aliphatic heterocycles. The molecule has 0 aliphatic carbocycles. The number of nitrogen functional groups attached to an aromatic ring is 1. The second-order valence-electron chi connectivity index (χ2n) is 4.14. The molecule has 0 saturated carbocycles. The van der Waals surface area contributed by atoms with Crippen LogP contribution < -0.4 is 11.1 Å². The van der Waals surface area contributed by atoms with Crippen LogP contribution in [0, 0.1) is 13.8 Å². The minimum Gasteiger partial charge on any atom is -0.396 e. The van der Waals surface area contributed by atoms with Crippen LogP contribution >= 0.6 is 0 Å². The van der Waals surface area contributed by atoms with Gasteiger partial charge >= 0.3 is 0 Å². The summed E-state index contributed by atoms with van der Waals surface area (Å²) < 4.78 is 6.42. The molecule has 0 fully saturated rings. The highest BCUT2D eigenvalue weighted by Gasteiger charge is 2.14. The number of aromatic nitrogens is 2. The third-order valence-corrected chi connectivity index (χ3v) is 2.68. The molecule has 1 heterocycles. The van der Waals surface area contributed by atoms with E-state index in [1.54, 1.807) is 18.5 Å². The number of aryl methyl sites for hydroxylation is 1. The molecule has 0 spiro atoms. The van der Waals surface area contributed by atoms with Crippen molar-refractivity contribution >= 4 is 11.6 Å². The lowest BCUT2D eigenvalue weighted by Gasteiger charge is -2.15. The SMILES string of the molecule is COCC(CO)NC(=O)Cn1nc(C)c(N)c1C. The van der Waals surface area contributed by atoms with Crippen LogP contribution in [0.3, 0.4) is 0 Å². The van der Waals surface area contributed by atoms with E-state index in [-0.39, 0.29) is 25.7 Å². The molecule has 7 heteroatoms. The summed E-state index contributed by atoms with van der Waals surface area (Å²) >= 11 is 0. The number of hydrogen-bond acceptors (Lipinski definition) is 5. The van der Waals surface area contributed by atoms with Crippen LogP contribution in [0.1, 0.15) is 11.4 Å². The Bertz CT molecular complexity index is 417.